The van der Waals surface area contributed by atoms with E-state index in [2.05, 4.69) is 27.7 Å². The molecular weight excluding hydrogens is 1140 g/mol. The Hall–Kier alpha value is -1.94. The molecule has 0 radical (unpaired) electrons. The van der Waals surface area contributed by atoms with Gasteiger partial charge in [0.05, 0.1) is 26.4 Å². The minimum Gasteiger partial charge on any atom is -0.462 e. The van der Waals surface area contributed by atoms with Gasteiger partial charge in [-0.1, -0.05) is 297 Å². The molecule has 0 saturated heterocycles. The summed E-state index contributed by atoms with van der Waals surface area (Å²) in [5.74, 6) is -2.13. The predicted molar refractivity (Wildman–Crippen MR) is 345 cm³/mol. The number of phosphoric acid groups is 2. The Morgan fingerprint density at radius 1 is 0.279 bits per heavy atom. The Balaban J connectivity index is 5.16. The van der Waals surface area contributed by atoms with Crippen molar-refractivity contribution in [3.63, 3.8) is 0 Å². The molecule has 0 aromatic carbocycles. The molecule has 86 heavy (non-hydrogen) atoms. The van der Waals surface area contributed by atoms with Gasteiger partial charge in [-0.3, -0.25) is 37.3 Å². The van der Waals surface area contributed by atoms with Gasteiger partial charge in [-0.2, -0.15) is 0 Å². The van der Waals surface area contributed by atoms with Crippen LogP contribution in [-0.4, -0.2) is 96.7 Å². The number of carbonyl (C=O) groups is 4. The van der Waals surface area contributed by atoms with Gasteiger partial charge in [0, 0.05) is 25.7 Å². The van der Waals surface area contributed by atoms with E-state index in [1.807, 2.05) is 0 Å². The lowest BCUT2D eigenvalue weighted by Gasteiger charge is -2.21. The van der Waals surface area contributed by atoms with Gasteiger partial charge < -0.3 is 33.8 Å². The highest BCUT2D eigenvalue weighted by molar-refractivity contribution is 7.47. The van der Waals surface area contributed by atoms with Crippen LogP contribution in [0.3, 0.4) is 0 Å². The molecule has 0 spiro atoms. The number of unbranched alkanes of at least 4 members (excludes halogenated alkanes) is 42. The van der Waals surface area contributed by atoms with E-state index in [1.54, 1.807) is 0 Å². The van der Waals surface area contributed by atoms with Crippen molar-refractivity contribution in [1.82, 2.24) is 0 Å². The summed E-state index contributed by atoms with van der Waals surface area (Å²) < 4.78 is 68.0. The zero-order valence-electron chi connectivity index (χ0n) is 55.3. The fourth-order valence-corrected chi connectivity index (χ4v) is 11.7. The molecule has 3 N–H and O–H groups in total. The molecule has 0 saturated carbocycles. The van der Waals surface area contributed by atoms with Crippen molar-refractivity contribution in [1.29, 1.82) is 0 Å². The van der Waals surface area contributed by atoms with Gasteiger partial charge in [0.1, 0.15) is 19.3 Å². The number of phosphoric ester groups is 2. The number of esters is 4. The summed E-state index contributed by atoms with van der Waals surface area (Å²) in [5.41, 5.74) is 0. The van der Waals surface area contributed by atoms with Crippen LogP contribution >= 0.6 is 15.6 Å². The first kappa shape index (κ1) is 84.1. The summed E-state index contributed by atoms with van der Waals surface area (Å²) in [5, 5.41) is 10.5. The summed E-state index contributed by atoms with van der Waals surface area (Å²) in [6.07, 6.45) is 48.7. The molecule has 510 valence electrons. The smallest absolute Gasteiger partial charge is 0.462 e. The summed E-state index contributed by atoms with van der Waals surface area (Å²) in [4.78, 5) is 72.2. The van der Waals surface area contributed by atoms with Crippen LogP contribution in [0.2, 0.25) is 0 Å². The number of ether oxygens (including phenoxy) is 4. The number of hydrogen-bond donors (Lipinski definition) is 3. The van der Waals surface area contributed by atoms with Crippen molar-refractivity contribution >= 4 is 39.5 Å². The number of aliphatic hydroxyl groups excluding tert-OH is 1. The third-order valence-electron chi connectivity index (χ3n) is 15.6. The fourth-order valence-electron chi connectivity index (χ4n) is 10.2. The first-order chi connectivity index (χ1) is 41.7. The highest BCUT2D eigenvalue weighted by Gasteiger charge is 2.30. The Morgan fingerprint density at radius 3 is 0.686 bits per heavy atom. The second kappa shape index (κ2) is 61.9. The molecule has 0 aromatic rings. The topological polar surface area (TPSA) is 237 Å². The minimum absolute atomic E-state index is 0.105. The van der Waals surface area contributed by atoms with E-state index in [4.69, 9.17) is 37.0 Å². The Bertz CT molecular complexity index is 1650. The van der Waals surface area contributed by atoms with E-state index in [9.17, 15) is 43.2 Å². The summed E-state index contributed by atoms with van der Waals surface area (Å²) in [6.45, 7) is 4.87. The highest BCUT2D eigenvalue weighted by Crippen LogP contribution is 2.45. The Labute approximate surface area is 524 Å². The van der Waals surface area contributed by atoms with Crippen molar-refractivity contribution in [2.75, 3.05) is 39.6 Å². The molecular formula is C67H130O17P2. The lowest BCUT2D eigenvalue weighted by molar-refractivity contribution is -0.161. The van der Waals surface area contributed by atoms with Gasteiger partial charge in [0.2, 0.25) is 0 Å². The van der Waals surface area contributed by atoms with Crippen molar-refractivity contribution < 1.29 is 80.2 Å². The maximum atomic E-state index is 13.0. The van der Waals surface area contributed by atoms with Gasteiger partial charge in [0.15, 0.2) is 12.2 Å². The molecule has 0 fully saturated rings. The van der Waals surface area contributed by atoms with Crippen LogP contribution in [-0.2, 0) is 65.4 Å². The molecule has 19 heteroatoms. The maximum absolute atomic E-state index is 13.0. The zero-order chi connectivity index (χ0) is 63.3. The molecule has 17 nitrogen and oxygen atoms in total. The van der Waals surface area contributed by atoms with Crippen molar-refractivity contribution in [3.05, 3.63) is 0 Å². The van der Waals surface area contributed by atoms with Crippen molar-refractivity contribution in [3.8, 4) is 0 Å². The van der Waals surface area contributed by atoms with Crippen molar-refractivity contribution in [2.45, 2.75) is 367 Å². The number of rotatable bonds is 68. The van der Waals surface area contributed by atoms with Gasteiger partial charge in [-0.05, 0) is 25.7 Å². The lowest BCUT2D eigenvalue weighted by Crippen LogP contribution is -2.30. The Kier molecular flexibility index (Phi) is 60.5. The molecule has 0 aromatic heterocycles. The van der Waals surface area contributed by atoms with Crippen LogP contribution in [0.4, 0.5) is 0 Å². The van der Waals surface area contributed by atoms with Gasteiger partial charge in [-0.15, -0.1) is 0 Å². The normalized spacial score (nSPS) is 14.1. The largest absolute Gasteiger partial charge is 0.472 e. The van der Waals surface area contributed by atoms with Crippen LogP contribution < -0.4 is 0 Å². The minimum atomic E-state index is -4.95. The van der Waals surface area contributed by atoms with Gasteiger partial charge in [-0.25, -0.2) is 9.13 Å². The Morgan fingerprint density at radius 2 is 0.465 bits per heavy atom. The summed E-state index contributed by atoms with van der Waals surface area (Å²) >= 11 is 0. The standard InChI is InChI=1S/C67H130O17P2/c1-5-9-13-17-21-25-27-29-30-31-32-33-34-36-38-42-46-50-54-67(72)84-63(58-78-65(70)52-48-44-41-37-35-28-26-22-18-14-10-6-2)60-82-86(75,76)80-56-61(68)55-79-85(73,74)81-59-62(83-66(71)53-49-45-40-24-20-16-12-8-4)57-77-64(69)51-47-43-39-23-19-15-11-7-3/h61-63,68H,5-60H2,1-4H3,(H,73,74)(H,75,76)/t61-,62+,63+/m0/s1. The van der Waals surface area contributed by atoms with E-state index in [0.29, 0.717) is 25.7 Å². The van der Waals surface area contributed by atoms with Gasteiger partial charge in [0.25, 0.3) is 0 Å². The second-order valence-corrected chi connectivity index (χ2v) is 27.1. The van der Waals surface area contributed by atoms with Crippen LogP contribution in [0.15, 0.2) is 0 Å². The average Bonchev–Trinajstić information content (AvgIpc) is 3.51. The first-order valence-electron chi connectivity index (χ1n) is 35.3. The molecule has 0 aliphatic heterocycles. The monoisotopic (exact) mass is 1270 g/mol. The van der Waals surface area contributed by atoms with Crippen LogP contribution in [0.1, 0.15) is 349 Å². The van der Waals surface area contributed by atoms with E-state index < -0.39 is 97.5 Å². The quantitative estimate of drug-likeness (QED) is 0.0222. The number of hydrogen-bond acceptors (Lipinski definition) is 15. The van der Waals surface area contributed by atoms with E-state index in [-0.39, 0.29) is 25.7 Å². The van der Waals surface area contributed by atoms with E-state index in [0.717, 1.165) is 103 Å². The fraction of sp³-hybridized carbons (Fsp3) is 0.940. The maximum Gasteiger partial charge on any atom is 0.472 e. The van der Waals surface area contributed by atoms with Gasteiger partial charge >= 0.3 is 39.5 Å². The second-order valence-electron chi connectivity index (χ2n) is 24.2. The number of aliphatic hydroxyl groups is 1. The predicted octanol–water partition coefficient (Wildman–Crippen LogP) is 19.1. The molecule has 0 heterocycles. The SMILES string of the molecule is CCCCCCCCCCCCCCCCCCCCC(=O)O[C@H](COC(=O)CCCCCCCCCCCCCC)COP(=O)(O)OC[C@@H](O)COP(=O)(O)OC[C@@H](COC(=O)CCCCCCCCCC)OC(=O)CCCCCCCCCC. The molecule has 5 atom stereocenters. The van der Waals surface area contributed by atoms with Crippen LogP contribution in [0, 0.1) is 0 Å². The third kappa shape index (κ3) is 60.9. The molecule has 0 amide bonds. The molecule has 0 aliphatic rings. The molecule has 0 rings (SSSR count). The average molecular weight is 1270 g/mol. The van der Waals surface area contributed by atoms with E-state index in [1.165, 1.54) is 167 Å². The summed E-state index contributed by atoms with van der Waals surface area (Å²) in [6, 6.07) is 0. The first-order valence-corrected chi connectivity index (χ1v) is 38.3. The van der Waals surface area contributed by atoms with Crippen LogP contribution in [0.5, 0.6) is 0 Å². The van der Waals surface area contributed by atoms with Crippen molar-refractivity contribution in [2.24, 2.45) is 0 Å². The molecule has 2 unspecified atom stereocenters. The zero-order valence-corrected chi connectivity index (χ0v) is 57.1. The van der Waals surface area contributed by atoms with E-state index >= 15 is 0 Å². The van der Waals surface area contributed by atoms with Crippen LogP contribution in [0.25, 0.3) is 0 Å². The number of carbonyl (C=O) groups excluding carboxylic acids is 4. The lowest BCUT2D eigenvalue weighted by atomic mass is 10.0. The highest BCUT2D eigenvalue weighted by atomic mass is 31.2. The third-order valence-corrected chi connectivity index (χ3v) is 17.5. The molecule has 0 aliphatic carbocycles. The molecule has 0 bridgehead atoms. The summed E-state index contributed by atoms with van der Waals surface area (Å²) in [7, 11) is -9.88.